The topological polar surface area (TPSA) is 25.8 Å². The van der Waals surface area contributed by atoms with Crippen LogP contribution < -0.4 is 0 Å². The minimum Gasteiger partial charge on any atom is -0.254 e. The van der Waals surface area contributed by atoms with Crippen LogP contribution >= 0.6 is 11.3 Å². The lowest BCUT2D eigenvalue weighted by molar-refractivity contribution is 1.31. The maximum Gasteiger partial charge on any atom is 0.143 e. The highest BCUT2D eigenvalue weighted by Crippen LogP contribution is 2.29. The van der Waals surface area contributed by atoms with Crippen LogP contribution in [-0.4, -0.2) is 9.97 Å². The Morgan fingerprint density at radius 3 is 2.88 bits per heavy atom. The summed E-state index contributed by atoms with van der Waals surface area (Å²) in [5.41, 5.74) is 3.27. The lowest BCUT2D eigenvalue weighted by atomic mass is 10.2. The van der Waals surface area contributed by atoms with Crippen LogP contribution in [0.3, 0.4) is 0 Å². The molecule has 0 saturated heterocycles. The molecule has 0 fully saturated rings. The molecular weight excluding hydrogens is 216 g/mol. The van der Waals surface area contributed by atoms with E-state index in [0.29, 0.717) is 0 Å². The van der Waals surface area contributed by atoms with Gasteiger partial charge in [0.15, 0.2) is 0 Å². The fourth-order valence-electron chi connectivity index (χ4n) is 1.63. The van der Waals surface area contributed by atoms with Crippen molar-refractivity contribution in [3.05, 3.63) is 48.2 Å². The van der Waals surface area contributed by atoms with E-state index in [2.05, 4.69) is 35.1 Å². The number of thiazole rings is 1. The molecule has 0 N–H and O–H groups in total. The smallest absolute Gasteiger partial charge is 0.143 e. The van der Waals surface area contributed by atoms with Crippen LogP contribution in [0.5, 0.6) is 0 Å². The summed E-state index contributed by atoms with van der Waals surface area (Å²) in [4.78, 5) is 8.89. The summed E-state index contributed by atoms with van der Waals surface area (Å²) in [6, 6.07) is 12.2. The molecule has 0 aliphatic carbocycles. The summed E-state index contributed by atoms with van der Waals surface area (Å²) < 4.78 is 1.22. The van der Waals surface area contributed by atoms with Crippen LogP contribution in [0.15, 0.2) is 42.6 Å². The summed E-state index contributed by atoms with van der Waals surface area (Å²) in [7, 11) is 0. The van der Waals surface area contributed by atoms with Gasteiger partial charge in [-0.2, -0.15) is 0 Å². The second kappa shape index (κ2) is 3.68. The van der Waals surface area contributed by atoms with E-state index in [9.17, 15) is 0 Å². The van der Waals surface area contributed by atoms with Gasteiger partial charge in [0.05, 0.1) is 15.9 Å². The van der Waals surface area contributed by atoms with Crippen LogP contribution in [0.2, 0.25) is 0 Å². The van der Waals surface area contributed by atoms with Gasteiger partial charge in [-0.1, -0.05) is 12.1 Å². The number of aromatic nitrogens is 2. The second-order valence-electron chi connectivity index (χ2n) is 3.71. The Kier molecular flexibility index (Phi) is 2.18. The van der Waals surface area contributed by atoms with Crippen molar-refractivity contribution in [1.82, 2.24) is 9.97 Å². The van der Waals surface area contributed by atoms with Gasteiger partial charge < -0.3 is 0 Å². The molecule has 0 aliphatic heterocycles. The van der Waals surface area contributed by atoms with E-state index in [1.807, 2.05) is 18.2 Å². The van der Waals surface area contributed by atoms with Crippen LogP contribution in [-0.2, 0) is 0 Å². The molecule has 0 aliphatic rings. The zero-order chi connectivity index (χ0) is 11.0. The van der Waals surface area contributed by atoms with Gasteiger partial charge in [0.2, 0.25) is 0 Å². The molecule has 0 saturated carbocycles. The fourth-order valence-corrected chi connectivity index (χ4v) is 2.67. The Morgan fingerprint density at radius 1 is 1.12 bits per heavy atom. The number of benzene rings is 1. The first-order chi connectivity index (χ1) is 7.83. The van der Waals surface area contributed by atoms with Crippen molar-refractivity contribution in [2.75, 3.05) is 0 Å². The summed E-state index contributed by atoms with van der Waals surface area (Å²) in [5.74, 6) is 0. The third-order valence-electron chi connectivity index (χ3n) is 2.43. The van der Waals surface area contributed by atoms with Crippen molar-refractivity contribution in [2.24, 2.45) is 0 Å². The number of rotatable bonds is 1. The highest BCUT2D eigenvalue weighted by atomic mass is 32.1. The molecule has 2 nitrogen and oxygen atoms in total. The minimum atomic E-state index is 0.946. The lowest BCUT2D eigenvalue weighted by Crippen LogP contribution is -1.79. The zero-order valence-electron chi connectivity index (χ0n) is 8.84. The molecule has 0 spiro atoms. The first-order valence-electron chi connectivity index (χ1n) is 5.11. The standard InChI is InChI=1S/C13H10N2S/c1-9-5-6-10-12(8-9)16-13(15-10)11-4-2-3-7-14-11/h2-8H,1H3. The highest BCUT2D eigenvalue weighted by molar-refractivity contribution is 7.21. The molecule has 0 unspecified atom stereocenters. The second-order valence-corrected chi connectivity index (χ2v) is 4.74. The number of nitrogens with zero attached hydrogens (tertiary/aromatic N) is 2. The zero-order valence-corrected chi connectivity index (χ0v) is 9.66. The van der Waals surface area contributed by atoms with E-state index in [4.69, 9.17) is 0 Å². The molecule has 16 heavy (non-hydrogen) atoms. The molecule has 3 heteroatoms. The maximum atomic E-state index is 4.58. The monoisotopic (exact) mass is 226 g/mol. The molecule has 3 rings (SSSR count). The number of hydrogen-bond acceptors (Lipinski definition) is 3. The molecule has 3 aromatic rings. The third kappa shape index (κ3) is 1.59. The fraction of sp³-hybridized carbons (Fsp3) is 0.0769. The third-order valence-corrected chi connectivity index (χ3v) is 3.47. The molecule has 2 heterocycles. The summed E-state index contributed by atoms with van der Waals surface area (Å²) in [6.07, 6.45) is 1.80. The number of aryl methyl sites for hydroxylation is 1. The first kappa shape index (κ1) is 9.48. The predicted octanol–water partition coefficient (Wildman–Crippen LogP) is 3.67. The van der Waals surface area contributed by atoms with Gasteiger partial charge in [-0.05, 0) is 36.8 Å². The average Bonchev–Trinajstić information content (AvgIpc) is 2.73. The van der Waals surface area contributed by atoms with Crippen molar-refractivity contribution < 1.29 is 0 Å². The van der Waals surface area contributed by atoms with E-state index in [-0.39, 0.29) is 0 Å². The van der Waals surface area contributed by atoms with Crippen LogP contribution in [0.25, 0.3) is 20.9 Å². The Balaban J connectivity index is 2.19. The molecule has 2 aromatic heterocycles. The van der Waals surface area contributed by atoms with E-state index in [0.717, 1.165) is 16.2 Å². The normalized spacial score (nSPS) is 10.8. The highest BCUT2D eigenvalue weighted by Gasteiger charge is 2.06. The molecule has 1 aromatic carbocycles. The van der Waals surface area contributed by atoms with Crippen LogP contribution in [0.1, 0.15) is 5.56 Å². The maximum absolute atomic E-state index is 4.58. The van der Waals surface area contributed by atoms with Gasteiger partial charge in [0.1, 0.15) is 5.01 Å². The van der Waals surface area contributed by atoms with Crippen molar-refractivity contribution in [2.45, 2.75) is 6.92 Å². The Morgan fingerprint density at radius 2 is 2.06 bits per heavy atom. The van der Waals surface area contributed by atoms with Crippen molar-refractivity contribution >= 4 is 21.6 Å². The van der Waals surface area contributed by atoms with Crippen LogP contribution in [0.4, 0.5) is 0 Å². The average molecular weight is 226 g/mol. The van der Waals surface area contributed by atoms with E-state index < -0.39 is 0 Å². The molecule has 78 valence electrons. The number of hydrogen-bond donors (Lipinski definition) is 0. The molecule has 0 radical (unpaired) electrons. The minimum absolute atomic E-state index is 0.946. The molecule has 0 atom stereocenters. The van der Waals surface area contributed by atoms with Gasteiger partial charge in [-0.3, -0.25) is 4.98 Å². The van der Waals surface area contributed by atoms with Crippen molar-refractivity contribution in [3.8, 4) is 10.7 Å². The van der Waals surface area contributed by atoms with E-state index >= 15 is 0 Å². The van der Waals surface area contributed by atoms with Gasteiger partial charge in [0, 0.05) is 6.20 Å². The van der Waals surface area contributed by atoms with Crippen molar-refractivity contribution in [3.63, 3.8) is 0 Å². The first-order valence-corrected chi connectivity index (χ1v) is 5.93. The van der Waals surface area contributed by atoms with Gasteiger partial charge in [-0.25, -0.2) is 4.98 Å². The Hall–Kier alpha value is -1.74. The van der Waals surface area contributed by atoms with E-state index in [1.165, 1.54) is 10.3 Å². The molecule has 0 amide bonds. The van der Waals surface area contributed by atoms with Gasteiger partial charge >= 0.3 is 0 Å². The van der Waals surface area contributed by atoms with Crippen LogP contribution in [0, 0.1) is 6.92 Å². The molecule has 0 bridgehead atoms. The summed E-state index contributed by atoms with van der Waals surface area (Å²) >= 11 is 1.69. The summed E-state index contributed by atoms with van der Waals surface area (Å²) in [5, 5.41) is 0.987. The Bertz CT molecular complexity index is 629. The number of pyridine rings is 1. The Labute approximate surface area is 97.6 Å². The number of fused-ring (bicyclic) bond motifs is 1. The van der Waals surface area contributed by atoms with Gasteiger partial charge in [0.25, 0.3) is 0 Å². The SMILES string of the molecule is Cc1ccc2nc(-c3ccccn3)sc2c1. The largest absolute Gasteiger partial charge is 0.254 e. The molecular formula is C13H10N2S. The van der Waals surface area contributed by atoms with Crippen molar-refractivity contribution in [1.29, 1.82) is 0 Å². The van der Waals surface area contributed by atoms with E-state index in [1.54, 1.807) is 17.5 Å². The predicted molar refractivity (Wildman–Crippen MR) is 67.6 cm³/mol. The quantitative estimate of drug-likeness (QED) is 0.632. The van der Waals surface area contributed by atoms with Gasteiger partial charge in [-0.15, -0.1) is 11.3 Å². The summed E-state index contributed by atoms with van der Waals surface area (Å²) in [6.45, 7) is 2.10. The lowest BCUT2D eigenvalue weighted by Gasteiger charge is -1.91.